The maximum absolute atomic E-state index is 13.2. The summed E-state index contributed by atoms with van der Waals surface area (Å²) in [4.78, 5) is 75.2. The minimum Gasteiger partial charge on any atom is -0.490 e. The number of fused-ring (bicyclic) bond motifs is 1. The van der Waals surface area contributed by atoms with Gasteiger partial charge < -0.3 is 44.4 Å². The van der Waals surface area contributed by atoms with Crippen molar-refractivity contribution >= 4 is 74.1 Å². The van der Waals surface area contributed by atoms with Crippen LogP contribution < -0.4 is 30.7 Å². The Balaban J connectivity index is 0.735. The predicted molar refractivity (Wildman–Crippen MR) is 283 cm³/mol. The van der Waals surface area contributed by atoms with Gasteiger partial charge in [-0.3, -0.25) is 39.1 Å². The molecular formula is C53H67ClN8O13S. The van der Waals surface area contributed by atoms with Crippen molar-refractivity contribution in [3.05, 3.63) is 88.1 Å². The summed E-state index contributed by atoms with van der Waals surface area (Å²) in [7, 11) is -3.59. The predicted octanol–water partition coefficient (Wildman–Crippen LogP) is 5.74. The van der Waals surface area contributed by atoms with Gasteiger partial charge in [-0.05, 0) is 120 Å². The van der Waals surface area contributed by atoms with E-state index in [9.17, 15) is 32.4 Å². The molecule has 76 heavy (non-hydrogen) atoms. The lowest BCUT2D eigenvalue weighted by Crippen LogP contribution is -2.54. The number of rotatable bonds is 28. The number of likely N-dealkylation sites (tertiary alicyclic amines) is 1. The number of halogens is 1. The van der Waals surface area contributed by atoms with Crippen LogP contribution in [0.4, 0.5) is 23.1 Å². The summed E-state index contributed by atoms with van der Waals surface area (Å²) in [6, 6.07) is 14.3. The zero-order valence-corrected chi connectivity index (χ0v) is 45.1. The molecule has 1 aromatic heterocycles. The zero-order chi connectivity index (χ0) is 54.4. The standard InChI is InChI=1S/C53H67ClN8O13S/c1-33(2)75-44-30-38(35(5)29-41(44)58-53-56-31-39(54)49(60-53)57-40-10-6-7-12-45(40)76(68,69)34(3)4)36-15-18-61(19-16-36)32-47(64)55-17-20-70-21-22-71-23-24-72-25-26-73-27-28-74-43-11-8-9-37-48(43)52(67)62(51(37)66)42-13-14-46(63)59-50(42)65/h6-12,29-31,33-34,36,42H,13-28,32H2,1-5H3,(H,55,64)(H,59,63,65)(H2,56,57,58,60). The molecule has 1 unspecified atom stereocenters. The molecule has 3 aliphatic rings. The molecular weight excluding hydrogens is 1020 g/mol. The summed E-state index contributed by atoms with van der Waals surface area (Å²) in [5.74, 6) is -0.820. The van der Waals surface area contributed by atoms with E-state index < -0.39 is 44.8 Å². The van der Waals surface area contributed by atoms with Crippen molar-refractivity contribution in [2.24, 2.45) is 0 Å². The lowest BCUT2D eigenvalue weighted by Gasteiger charge is -2.32. The molecule has 0 aliphatic carbocycles. The number of carbonyl (C=O) groups is 5. The second-order valence-electron chi connectivity index (χ2n) is 18.9. The van der Waals surface area contributed by atoms with E-state index in [0.717, 1.165) is 36.4 Å². The van der Waals surface area contributed by atoms with Crippen LogP contribution in [0.15, 0.2) is 65.7 Å². The number of carbonyl (C=O) groups excluding carboxylic acids is 5. The fourth-order valence-corrected chi connectivity index (χ4v) is 10.3. The van der Waals surface area contributed by atoms with Crippen LogP contribution in [-0.4, -0.2) is 161 Å². The van der Waals surface area contributed by atoms with E-state index >= 15 is 0 Å². The van der Waals surface area contributed by atoms with Crippen LogP contribution in [0.25, 0.3) is 0 Å². The number of ether oxygens (including phenoxy) is 6. The Morgan fingerprint density at radius 2 is 1.47 bits per heavy atom. The van der Waals surface area contributed by atoms with Gasteiger partial charge >= 0.3 is 0 Å². The number of nitrogens with zero attached hydrogens (tertiary/aromatic N) is 4. The Bertz CT molecular complexity index is 2830. The summed E-state index contributed by atoms with van der Waals surface area (Å²) in [5.41, 5.74) is 3.49. The molecule has 0 spiro atoms. The topological polar surface area (TPSA) is 255 Å². The van der Waals surface area contributed by atoms with Crippen LogP contribution in [0, 0.1) is 6.92 Å². The Labute approximate surface area is 447 Å². The van der Waals surface area contributed by atoms with Crippen molar-refractivity contribution in [2.45, 2.75) is 88.5 Å². The van der Waals surface area contributed by atoms with E-state index in [2.05, 4.69) is 49.1 Å². The molecule has 0 bridgehead atoms. The Morgan fingerprint density at radius 1 is 0.803 bits per heavy atom. The first kappa shape index (κ1) is 57.4. The summed E-state index contributed by atoms with van der Waals surface area (Å²) in [6.45, 7) is 14.2. The molecule has 4 aromatic rings. The highest BCUT2D eigenvalue weighted by Gasteiger charge is 2.46. The van der Waals surface area contributed by atoms with E-state index in [1.54, 1.807) is 50.2 Å². The third-order valence-corrected chi connectivity index (χ3v) is 15.3. The molecule has 3 aliphatic heterocycles. The molecule has 3 aromatic carbocycles. The number of amides is 5. The summed E-state index contributed by atoms with van der Waals surface area (Å²) in [6.07, 6.45) is 3.17. The van der Waals surface area contributed by atoms with Gasteiger partial charge in [-0.15, -0.1) is 0 Å². The molecule has 5 amide bonds. The lowest BCUT2D eigenvalue weighted by atomic mass is 9.86. The molecule has 2 fully saturated rings. The van der Waals surface area contributed by atoms with Crippen molar-refractivity contribution in [1.29, 1.82) is 0 Å². The maximum atomic E-state index is 13.2. The number of anilines is 4. The second-order valence-corrected chi connectivity index (χ2v) is 21.8. The van der Waals surface area contributed by atoms with Gasteiger partial charge in [-0.1, -0.05) is 29.8 Å². The number of aromatic nitrogens is 2. The monoisotopic (exact) mass is 1090 g/mol. The van der Waals surface area contributed by atoms with Gasteiger partial charge in [0.1, 0.15) is 29.2 Å². The van der Waals surface area contributed by atoms with E-state index in [0.29, 0.717) is 76.5 Å². The molecule has 1 atom stereocenters. The second kappa shape index (κ2) is 27.2. The number of hydrogen-bond acceptors (Lipinski definition) is 18. The number of benzene rings is 3. The number of para-hydroxylation sites is 1. The van der Waals surface area contributed by atoms with Crippen molar-refractivity contribution < 1.29 is 60.8 Å². The number of hydrogen-bond donors (Lipinski definition) is 4. The average Bonchev–Trinajstić information content (AvgIpc) is 3.65. The van der Waals surface area contributed by atoms with Gasteiger partial charge in [0.15, 0.2) is 15.7 Å². The van der Waals surface area contributed by atoms with Gasteiger partial charge in [-0.2, -0.15) is 4.98 Å². The van der Waals surface area contributed by atoms with Crippen molar-refractivity contribution in [3.63, 3.8) is 0 Å². The third kappa shape index (κ3) is 15.0. The maximum Gasteiger partial charge on any atom is 0.266 e. The van der Waals surface area contributed by atoms with Crippen LogP contribution in [-0.2, 0) is 43.2 Å². The van der Waals surface area contributed by atoms with Crippen molar-refractivity contribution in [3.8, 4) is 11.5 Å². The first-order valence-electron chi connectivity index (χ1n) is 25.5. The van der Waals surface area contributed by atoms with Crippen LogP contribution in [0.3, 0.4) is 0 Å². The third-order valence-electron chi connectivity index (χ3n) is 12.8. The Kier molecular flexibility index (Phi) is 20.5. The van der Waals surface area contributed by atoms with E-state index in [1.807, 2.05) is 19.9 Å². The molecule has 21 nitrogen and oxygen atoms in total. The van der Waals surface area contributed by atoms with Gasteiger partial charge in [-0.25, -0.2) is 13.4 Å². The quantitative estimate of drug-likeness (QED) is 0.0391. The highest BCUT2D eigenvalue weighted by atomic mass is 35.5. The summed E-state index contributed by atoms with van der Waals surface area (Å²) >= 11 is 6.51. The molecule has 4 heterocycles. The number of sulfone groups is 1. The van der Waals surface area contributed by atoms with Crippen molar-refractivity contribution in [2.75, 3.05) is 96.3 Å². The van der Waals surface area contributed by atoms with Gasteiger partial charge in [0.25, 0.3) is 11.8 Å². The SMILES string of the molecule is Cc1cc(Nc2ncc(Cl)c(Nc3ccccc3S(=O)(=O)C(C)C)n2)c(OC(C)C)cc1C1CCN(CC(=O)NCCOCCOCCOCCOCCOc2cccc3c2C(=O)N(C2CCC(=O)NC2=O)C3=O)CC1. The lowest BCUT2D eigenvalue weighted by molar-refractivity contribution is -0.136. The minimum absolute atomic E-state index is 0.0354. The van der Waals surface area contributed by atoms with E-state index in [-0.39, 0.29) is 82.5 Å². The first-order chi connectivity index (χ1) is 36.5. The summed E-state index contributed by atoms with van der Waals surface area (Å²) in [5, 5.41) is 11.1. The fourth-order valence-electron chi connectivity index (χ4n) is 8.93. The summed E-state index contributed by atoms with van der Waals surface area (Å²) < 4.78 is 60.6. The molecule has 0 radical (unpaired) electrons. The van der Waals surface area contributed by atoms with Crippen LogP contribution in [0.2, 0.25) is 5.02 Å². The van der Waals surface area contributed by atoms with Gasteiger partial charge in [0, 0.05) is 13.0 Å². The van der Waals surface area contributed by atoms with Crippen molar-refractivity contribution in [1.82, 2.24) is 30.4 Å². The van der Waals surface area contributed by atoms with Gasteiger partial charge in [0.05, 0.1) is 104 Å². The van der Waals surface area contributed by atoms with Crippen LogP contribution >= 0.6 is 11.6 Å². The smallest absolute Gasteiger partial charge is 0.266 e. The highest BCUT2D eigenvalue weighted by molar-refractivity contribution is 7.92. The van der Waals surface area contributed by atoms with E-state index in [4.69, 9.17) is 40.0 Å². The number of nitrogens with one attached hydrogen (secondary N) is 4. The Morgan fingerprint density at radius 3 is 2.14 bits per heavy atom. The fraction of sp³-hybridized carbons (Fsp3) is 0.491. The molecule has 4 N–H and O–H groups in total. The van der Waals surface area contributed by atoms with Crippen LogP contribution in [0.1, 0.15) is 91.1 Å². The highest BCUT2D eigenvalue weighted by Crippen LogP contribution is 2.39. The largest absolute Gasteiger partial charge is 0.490 e. The Hall–Kier alpha value is -6.27. The molecule has 0 saturated carbocycles. The average molecular weight is 1090 g/mol. The van der Waals surface area contributed by atoms with Crippen LogP contribution in [0.5, 0.6) is 11.5 Å². The van der Waals surface area contributed by atoms with Gasteiger partial charge in [0.2, 0.25) is 23.7 Å². The zero-order valence-electron chi connectivity index (χ0n) is 43.5. The number of aryl methyl sites for hydroxylation is 1. The molecule has 2 saturated heterocycles. The molecule has 23 heteroatoms. The number of piperidine rings is 2. The normalized spacial score (nSPS) is 16.3. The number of imide groups is 2. The molecule has 7 rings (SSSR count). The first-order valence-corrected chi connectivity index (χ1v) is 27.4. The minimum atomic E-state index is -3.59. The molecule has 410 valence electrons. The van der Waals surface area contributed by atoms with E-state index in [1.165, 1.54) is 17.8 Å².